The molecular formula is C19H17F2N5O. The van der Waals surface area contributed by atoms with Crippen molar-refractivity contribution in [2.75, 3.05) is 18.9 Å². The van der Waals surface area contributed by atoms with E-state index in [1.54, 1.807) is 19.4 Å². The third-order valence-corrected chi connectivity index (χ3v) is 3.93. The number of carbonyl (C=O) groups excluding carboxylic acids is 1. The number of amides is 1. The van der Waals surface area contributed by atoms with Crippen LogP contribution in [0.25, 0.3) is 0 Å². The molecule has 0 atom stereocenters. The van der Waals surface area contributed by atoms with Crippen LogP contribution in [0.3, 0.4) is 0 Å². The highest BCUT2D eigenvalue weighted by Gasteiger charge is 2.15. The Labute approximate surface area is 154 Å². The lowest BCUT2D eigenvalue weighted by atomic mass is 10.2. The fourth-order valence-electron chi connectivity index (χ4n) is 2.43. The number of hydrogen-bond acceptors (Lipinski definition) is 5. The third-order valence-electron chi connectivity index (χ3n) is 3.93. The maximum absolute atomic E-state index is 13.8. The van der Waals surface area contributed by atoms with Gasteiger partial charge in [0.1, 0.15) is 35.2 Å². The van der Waals surface area contributed by atoms with Gasteiger partial charge in [-0.3, -0.25) is 9.78 Å². The van der Waals surface area contributed by atoms with Gasteiger partial charge < -0.3 is 10.2 Å². The molecule has 2 heterocycles. The second-order valence-corrected chi connectivity index (χ2v) is 5.84. The lowest BCUT2D eigenvalue weighted by molar-refractivity contribution is 0.0790. The molecule has 0 aliphatic heterocycles. The maximum Gasteiger partial charge on any atom is 0.272 e. The molecule has 0 bridgehead atoms. The molecule has 0 saturated heterocycles. The molecule has 0 saturated carbocycles. The van der Waals surface area contributed by atoms with Gasteiger partial charge >= 0.3 is 0 Å². The number of nitrogens with zero attached hydrogens (tertiary/aromatic N) is 4. The average Bonchev–Trinajstić information content (AvgIpc) is 2.69. The van der Waals surface area contributed by atoms with Crippen LogP contribution in [0, 0.1) is 11.6 Å². The summed E-state index contributed by atoms with van der Waals surface area (Å²) < 4.78 is 27.5. The number of rotatable bonds is 6. The second kappa shape index (κ2) is 8.31. The van der Waals surface area contributed by atoms with E-state index in [0.717, 1.165) is 17.7 Å². The zero-order valence-corrected chi connectivity index (χ0v) is 14.6. The molecule has 2 aromatic heterocycles. The Balaban J connectivity index is 1.69. The standard InChI is InChI=1S/C19H17F2N5O/c1-26(10-7-13-5-8-22-9-6-13)19(27)16-11-17(24-12-23-16)25-18-14(20)3-2-4-15(18)21/h2-6,8-9,11-12H,7,10H2,1H3,(H,23,24,25). The van der Waals surface area contributed by atoms with Crippen LogP contribution in [0.1, 0.15) is 16.1 Å². The van der Waals surface area contributed by atoms with Crippen molar-refractivity contribution in [3.05, 3.63) is 78.0 Å². The van der Waals surface area contributed by atoms with Gasteiger partial charge in [-0.25, -0.2) is 18.7 Å². The first-order valence-electron chi connectivity index (χ1n) is 8.22. The third kappa shape index (κ3) is 4.60. The van der Waals surface area contributed by atoms with Gasteiger partial charge in [0.25, 0.3) is 5.91 Å². The Hall–Kier alpha value is -3.42. The molecule has 0 fully saturated rings. The van der Waals surface area contributed by atoms with E-state index >= 15 is 0 Å². The van der Waals surface area contributed by atoms with Crippen molar-refractivity contribution < 1.29 is 13.6 Å². The van der Waals surface area contributed by atoms with E-state index in [9.17, 15) is 13.6 Å². The quantitative estimate of drug-likeness (QED) is 0.722. The van der Waals surface area contributed by atoms with E-state index in [1.165, 1.54) is 23.4 Å². The Bertz CT molecular complexity index is 916. The van der Waals surface area contributed by atoms with Crippen molar-refractivity contribution in [2.24, 2.45) is 0 Å². The molecule has 1 N–H and O–H groups in total. The van der Waals surface area contributed by atoms with Crippen LogP contribution in [0.2, 0.25) is 0 Å². The van der Waals surface area contributed by atoms with Crippen molar-refractivity contribution in [2.45, 2.75) is 6.42 Å². The lowest BCUT2D eigenvalue weighted by Crippen LogP contribution is -2.29. The topological polar surface area (TPSA) is 71.0 Å². The number of likely N-dealkylation sites (N-methyl/N-ethyl adjacent to an activating group) is 1. The molecule has 8 heteroatoms. The SMILES string of the molecule is CN(CCc1ccncc1)C(=O)c1cc(Nc2c(F)cccc2F)ncn1. The smallest absolute Gasteiger partial charge is 0.272 e. The average molecular weight is 369 g/mol. The highest BCUT2D eigenvalue weighted by Crippen LogP contribution is 2.22. The summed E-state index contributed by atoms with van der Waals surface area (Å²) in [6, 6.07) is 8.65. The van der Waals surface area contributed by atoms with E-state index in [2.05, 4.69) is 20.3 Å². The van der Waals surface area contributed by atoms with Gasteiger partial charge in [0, 0.05) is 32.1 Å². The fourth-order valence-corrected chi connectivity index (χ4v) is 2.43. The van der Waals surface area contributed by atoms with Crippen LogP contribution in [0.15, 0.2) is 55.1 Å². The van der Waals surface area contributed by atoms with Gasteiger partial charge in [-0.05, 0) is 36.2 Å². The molecule has 0 radical (unpaired) electrons. The van der Waals surface area contributed by atoms with Crippen LogP contribution in [0.4, 0.5) is 20.3 Å². The first kappa shape index (κ1) is 18.4. The Morgan fingerprint density at radius 1 is 1.11 bits per heavy atom. The molecule has 0 aliphatic rings. The summed E-state index contributed by atoms with van der Waals surface area (Å²) in [7, 11) is 1.66. The summed E-state index contributed by atoms with van der Waals surface area (Å²) in [6.45, 7) is 0.484. The molecule has 0 unspecified atom stereocenters. The van der Waals surface area contributed by atoms with E-state index < -0.39 is 11.6 Å². The van der Waals surface area contributed by atoms with Crippen molar-refractivity contribution in [3.8, 4) is 0 Å². The number of nitrogens with one attached hydrogen (secondary N) is 1. The molecule has 3 aromatic rings. The fraction of sp³-hybridized carbons (Fsp3) is 0.158. The van der Waals surface area contributed by atoms with Crippen LogP contribution >= 0.6 is 0 Å². The molecule has 0 aliphatic carbocycles. The van der Waals surface area contributed by atoms with Crippen LogP contribution in [0.5, 0.6) is 0 Å². The van der Waals surface area contributed by atoms with E-state index in [1.807, 2.05) is 12.1 Å². The van der Waals surface area contributed by atoms with Gasteiger partial charge in [-0.1, -0.05) is 6.07 Å². The number of anilines is 2. The predicted octanol–water partition coefficient (Wildman–Crippen LogP) is 3.21. The van der Waals surface area contributed by atoms with Crippen LogP contribution < -0.4 is 5.32 Å². The van der Waals surface area contributed by atoms with Crippen molar-refractivity contribution in [1.29, 1.82) is 0 Å². The van der Waals surface area contributed by atoms with E-state index in [4.69, 9.17) is 0 Å². The summed E-state index contributed by atoms with van der Waals surface area (Å²) in [5, 5.41) is 2.55. The Kier molecular flexibility index (Phi) is 5.65. The normalized spacial score (nSPS) is 10.5. The lowest BCUT2D eigenvalue weighted by Gasteiger charge is -2.17. The Morgan fingerprint density at radius 3 is 2.52 bits per heavy atom. The molecular weight excluding hydrogens is 352 g/mol. The molecule has 0 spiro atoms. The largest absolute Gasteiger partial charge is 0.340 e. The minimum absolute atomic E-state index is 0.125. The minimum atomic E-state index is -0.754. The van der Waals surface area contributed by atoms with Crippen molar-refractivity contribution in [1.82, 2.24) is 19.9 Å². The predicted molar refractivity (Wildman–Crippen MR) is 96.6 cm³/mol. The van der Waals surface area contributed by atoms with Gasteiger partial charge in [-0.2, -0.15) is 0 Å². The van der Waals surface area contributed by atoms with Crippen molar-refractivity contribution in [3.63, 3.8) is 0 Å². The summed E-state index contributed by atoms with van der Waals surface area (Å²) in [4.78, 5) is 25.9. The maximum atomic E-state index is 13.8. The highest BCUT2D eigenvalue weighted by atomic mass is 19.1. The number of aromatic nitrogens is 3. The van der Waals surface area contributed by atoms with Crippen LogP contribution in [-0.2, 0) is 6.42 Å². The summed E-state index contributed by atoms with van der Waals surface area (Å²) in [6.07, 6.45) is 5.23. The van der Waals surface area contributed by atoms with Crippen molar-refractivity contribution >= 4 is 17.4 Å². The molecule has 3 rings (SSSR count). The zero-order chi connectivity index (χ0) is 19.2. The number of carbonyl (C=O) groups is 1. The number of para-hydroxylation sites is 1. The van der Waals surface area contributed by atoms with Gasteiger partial charge in [0.15, 0.2) is 0 Å². The van der Waals surface area contributed by atoms with E-state index in [0.29, 0.717) is 13.0 Å². The number of hydrogen-bond donors (Lipinski definition) is 1. The number of pyridine rings is 1. The Morgan fingerprint density at radius 2 is 1.81 bits per heavy atom. The summed E-state index contributed by atoms with van der Waals surface area (Å²) >= 11 is 0. The minimum Gasteiger partial charge on any atom is -0.340 e. The highest BCUT2D eigenvalue weighted by molar-refractivity contribution is 5.92. The number of halogens is 2. The van der Waals surface area contributed by atoms with Crippen LogP contribution in [-0.4, -0.2) is 39.4 Å². The summed E-state index contributed by atoms with van der Waals surface area (Å²) in [5.41, 5.74) is 0.854. The van der Waals surface area contributed by atoms with Gasteiger partial charge in [0.05, 0.1) is 0 Å². The summed E-state index contributed by atoms with van der Waals surface area (Å²) in [5.74, 6) is -1.70. The first-order valence-corrected chi connectivity index (χ1v) is 8.22. The van der Waals surface area contributed by atoms with Gasteiger partial charge in [0.2, 0.25) is 0 Å². The monoisotopic (exact) mass is 369 g/mol. The molecule has 1 aromatic carbocycles. The molecule has 138 valence electrons. The molecule has 27 heavy (non-hydrogen) atoms. The molecule has 6 nitrogen and oxygen atoms in total. The van der Waals surface area contributed by atoms with Gasteiger partial charge in [-0.15, -0.1) is 0 Å². The molecule has 1 amide bonds. The second-order valence-electron chi connectivity index (χ2n) is 5.84. The number of benzene rings is 1. The van der Waals surface area contributed by atoms with E-state index in [-0.39, 0.29) is 23.1 Å². The zero-order valence-electron chi connectivity index (χ0n) is 14.6. The first-order chi connectivity index (χ1) is 13.0.